The predicted molar refractivity (Wildman–Crippen MR) is 52.4 cm³/mol. The van der Waals surface area contributed by atoms with E-state index in [0.29, 0.717) is 0 Å². The van der Waals surface area contributed by atoms with Crippen LogP contribution in [0, 0.1) is 0 Å². The van der Waals surface area contributed by atoms with Gasteiger partial charge in [0.05, 0.1) is 12.7 Å². The van der Waals surface area contributed by atoms with Gasteiger partial charge < -0.3 is 14.4 Å². The standard InChI is InChI=1S/C9H10O6S.Na/c1-15-8(10)6-2-4-7(5-3-6)9(11)16(12,13)14;/h2-5,9,11H,1H3,(H,12,13,14);/q;+1/p-1. The monoisotopic (exact) mass is 268 g/mol. The van der Waals surface area contributed by atoms with Crippen molar-refractivity contribution in [2.24, 2.45) is 0 Å². The van der Waals surface area contributed by atoms with Gasteiger partial charge in [-0.05, 0) is 17.7 Å². The van der Waals surface area contributed by atoms with Crippen LogP contribution >= 0.6 is 0 Å². The van der Waals surface area contributed by atoms with Gasteiger partial charge in [-0.3, -0.25) is 0 Å². The number of benzene rings is 1. The Morgan fingerprint density at radius 2 is 1.82 bits per heavy atom. The van der Waals surface area contributed by atoms with Gasteiger partial charge in [0.1, 0.15) is 10.1 Å². The maximum Gasteiger partial charge on any atom is 1.00 e. The molecule has 0 heterocycles. The Hall–Kier alpha value is -0.440. The van der Waals surface area contributed by atoms with E-state index in [9.17, 15) is 17.8 Å². The fourth-order valence-electron chi connectivity index (χ4n) is 1.07. The van der Waals surface area contributed by atoms with E-state index in [1.54, 1.807) is 0 Å². The number of esters is 1. The van der Waals surface area contributed by atoms with Crippen LogP contribution in [0.4, 0.5) is 0 Å². The average Bonchev–Trinajstić information content (AvgIpc) is 2.26. The molecular formula is C9H9NaO6S. The van der Waals surface area contributed by atoms with Crippen LogP contribution in [-0.4, -0.2) is 31.2 Å². The number of carbonyl (C=O) groups excluding carboxylic acids is 1. The fourth-order valence-corrected chi connectivity index (χ4v) is 1.56. The van der Waals surface area contributed by atoms with Gasteiger partial charge in [0.25, 0.3) is 0 Å². The molecule has 1 aromatic rings. The van der Waals surface area contributed by atoms with Crippen LogP contribution in [0.15, 0.2) is 24.3 Å². The number of ether oxygens (including phenoxy) is 1. The predicted octanol–water partition coefficient (Wildman–Crippen LogP) is -2.99. The summed E-state index contributed by atoms with van der Waals surface area (Å²) in [6, 6.07) is 4.86. The Kier molecular flexibility index (Phi) is 6.31. The zero-order valence-electron chi connectivity index (χ0n) is 9.28. The van der Waals surface area contributed by atoms with E-state index >= 15 is 0 Å². The van der Waals surface area contributed by atoms with Crippen LogP contribution in [0.25, 0.3) is 0 Å². The summed E-state index contributed by atoms with van der Waals surface area (Å²) in [5.41, 5.74) is -2.02. The molecule has 6 nitrogen and oxygen atoms in total. The number of aliphatic hydroxyl groups is 1. The zero-order valence-corrected chi connectivity index (χ0v) is 12.1. The van der Waals surface area contributed by atoms with Gasteiger partial charge in [0.2, 0.25) is 0 Å². The third-order valence-corrected chi connectivity index (χ3v) is 2.71. The van der Waals surface area contributed by atoms with Crippen LogP contribution in [0.5, 0.6) is 0 Å². The van der Waals surface area contributed by atoms with Crippen LogP contribution in [-0.2, 0) is 14.9 Å². The van der Waals surface area contributed by atoms with Crippen LogP contribution in [0.3, 0.4) is 0 Å². The zero-order chi connectivity index (χ0) is 12.3. The second kappa shape index (κ2) is 6.48. The molecule has 0 aromatic heterocycles. The van der Waals surface area contributed by atoms with Crippen LogP contribution < -0.4 is 29.6 Å². The molecule has 0 saturated carbocycles. The van der Waals surface area contributed by atoms with E-state index in [1.807, 2.05) is 0 Å². The first-order valence-electron chi connectivity index (χ1n) is 4.17. The average molecular weight is 268 g/mol. The van der Waals surface area contributed by atoms with E-state index < -0.39 is 21.5 Å². The van der Waals surface area contributed by atoms with E-state index in [2.05, 4.69) is 4.74 Å². The van der Waals surface area contributed by atoms with Crippen molar-refractivity contribution < 1.29 is 57.2 Å². The maximum atomic E-state index is 11.0. The molecule has 1 aromatic carbocycles. The third-order valence-electron chi connectivity index (χ3n) is 1.89. The van der Waals surface area contributed by atoms with E-state index in [1.165, 1.54) is 31.4 Å². The van der Waals surface area contributed by atoms with Gasteiger partial charge in [-0.1, -0.05) is 12.1 Å². The molecule has 0 fully saturated rings. The third kappa shape index (κ3) is 4.38. The van der Waals surface area contributed by atoms with Crippen molar-refractivity contribution in [1.29, 1.82) is 0 Å². The Labute approximate surface area is 121 Å². The van der Waals surface area contributed by atoms with Gasteiger partial charge in [-0.25, -0.2) is 13.2 Å². The Balaban J connectivity index is 0.00000256. The van der Waals surface area contributed by atoms with Crippen molar-refractivity contribution in [2.45, 2.75) is 5.44 Å². The van der Waals surface area contributed by atoms with E-state index in [4.69, 9.17) is 5.11 Å². The fraction of sp³-hybridized carbons (Fsp3) is 0.222. The molecule has 1 rings (SSSR count). The molecule has 0 aliphatic carbocycles. The van der Waals surface area contributed by atoms with Crippen molar-refractivity contribution in [3.63, 3.8) is 0 Å². The number of aliphatic hydroxyl groups excluding tert-OH is 1. The topological polar surface area (TPSA) is 104 Å². The first-order valence-corrected chi connectivity index (χ1v) is 5.64. The normalized spacial score (nSPS) is 12.4. The molecule has 0 aliphatic heterocycles. The van der Waals surface area contributed by atoms with E-state index in [-0.39, 0.29) is 40.7 Å². The molecule has 0 bridgehead atoms. The number of hydrogen-bond donors (Lipinski definition) is 1. The maximum absolute atomic E-state index is 11.0. The van der Waals surface area contributed by atoms with Gasteiger partial charge in [-0.15, -0.1) is 0 Å². The number of rotatable bonds is 3. The smallest absolute Gasteiger partial charge is 0.746 e. The van der Waals surface area contributed by atoms with Gasteiger partial charge >= 0.3 is 35.5 Å². The van der Waals surface area contributed by atoms with Crippen LogP contribution in [0.2, 0.25) is 0 Å². The SMILES string of the molecule is COC(=O)c1ccc(C(O)S(=O)(=O)[O-])cc1.[Na+]. The molecule has 0 spiro atoms. The molecule has 1 N–H and O–H groups in total. The Morgan fingerprint density at radius 3 is 2.18 bits per heavy atom. The van der Waals surface area contributed by atoms with E-state index in [0.717, 1.165) is 0 Å². The summed E-state index contributed by atoms with van der Waals surface area (Å²) in [7, 11) is -3.60. The molecule has 0 saturated heterocycles. The largest absolute Gasteiger partial charge is 1.00 e. The molecular weight excluding hydrogens is 259 g/mol. The number of hydrogen-bond acceptors (Lipinski definition) is 6. The molecule has 0 radical (unpaired) electrons. The minimum atomic E-state index is -4.81. The Morgan fingerprint density at radius 1 is 1.35 bits per heavy atom. The first kappa shape index (κ1) is 16.6. The first-order chi connectivity index (χ1) is 7.36. The summed E-state index contributed by atoms with van der Waals surface area (Å²) in [6.45, 7) is 0. The molecule has 8 heteroatoms. The summed E-state index contributed by atoms with van der Waals surface area (Å²) >= 11 is 0. The minimum Gasteiger partial charge on any atom is -0.746 e. The van der Waals surface area contributed by atoms with Crippen LogP contribution in [0.1, 0.15) is 21.4 Å². The van der Waals surface area contributed by atoms with Gasteiger partial charge in [-0.2, -0.15) is 0 Å². The molecule has 88 valence electrons. The second-order valence-electron chi connectivity index (χ2n) is 2.96. The van der Waals surface area contributed by atoms with Gasteiger partial charge in [0.15, 0.2) is 5.44 Å². The van der Waals surface area contributed by atoms with Crippen molar-refractivity contribution in [3.05, 3.63) is 35.4 Å². The quantitative estimate of drug-likeness (QED) is 0.356. The minimum absolute atomic E-state index is 0. The summed E-state index contributed by atoms with van der Waals surface area (Å²) in [5.74, 6) is -0.592. The summed E-state index contributed by atoms with van der Waals surface area (Å²) < 4.78 is 36.0. The second-order valence-corrected chi connectivity index (χ2v) is 4.39. The molecule has 17 heavy (non-hydrogen) atoms. The van der Waals surface area contributed by atoms with Crippen molar-refractivity contribution in [1.82, 2.24) is 0 Å². The summed E-state index contributed by atoms with van der Waals surface area (Å²) in [5, 5.41) is 9.13. The summed E-state index contributed by atoms with van der Waals surface area (Å²) in [6.07, 6.45) is 0. The Bertz CT molecular complexity index is 481. The number of methoxy groups -OCH3 is 1. The van der Waals surface area contributed by atoms with Crippen molar-refractivity contribution in [3.8, 4) is 0 Å². The molecule has 1 atom stereocenters. The molecule has 0 amide bonds. The van der Waals surface area contributed by atoms with Crippen molar-refractivity contribution >= 4 is 16.1 Å². The van der Waals surface area contributed by atoms with Gasteiger partial charge in [0, 0.05) is 0 Å². The number of carbonyl (C=O) groups is 1. The molecule has 1 unspecified atom stereocenters. The molecule has 0 aliphatic rings. The van der Waals surface area contributed by atoms with Crippen molar-refractivity contribution in [2.75, 3.05) is 7.11 Å². The summed E-state index contributed by atoms with van der Waals surface area (Å²) in [4.78, 5) is 11.0.